The Morgan fingerprint density at radius 3 is 2.12 bits per heavy atom. The van der Waals surface area contributed by atoms with Gasteiger partial charge in [-0.05, 0) is 46.9 Å². The molecule has 1 aliphatic carbocycles. The average molecular weight is 359 g/mol. The van der Waals surface area contributed by atoms with Gasteiger partial charge in [0.15, 0.2) is 0 Å². The van der Waals surface area contributed by atoms with Gasteiger partial charge in [0, 0.05) is 31.6 Å². The highest BCUT2D eigenvalue weighted by molar-refractivity contribution is 5.98. The van der Waals surface area contributed by atoms with Gasteiger partial charge < -0.3 is 15.2 Å². The van der Waals surface area contributed by atoms with Gasteiger partial charge in [-0.25, -0.2) is 4.79 Å². The fraction of sp³-hybridized carbons (Fsp3) is 0.619. The van der Waals surface area contributed by atoms with Gasteiger partial charge in [0.1, 0.15) is 5.54 Å². The average Bonchev–Trinajstić information content (AvgIpc) is 2.59. The van der Waals surface area contributed by atoms with E-state index in [9.17, 15) is 14.7 Å². The van der Waals surface area contributed by atoms with E-state index in [0.29, 0.717) is 18.8 Å². The van der Waals surface area contributed by atoms with Crippen molar-refractivity contribution >= 4 is 11.9 Å². The molecule has 0 radical (unpaired) electrons. The maximum absolute atomic E-state index is 12.9. The summed E-state index contributed by atoms with van der Waals surface area (Å²) in [5.41, 5.74) is 1.86. The molecule has 0 atom stereocenters. The molecule has 1 heterocycles. The number of aliphatic carboxylic acids is 1. The third-order valence-electron chi connectivity index (χ3n) is 6.22. The lowest BCUT2D eigenvalue weighted by Crippen LogP contribution is -2.57. The van der Waals surface area contributed by atoms with Crippen molar-refractivity contribution in [2.45, 2.75) is 69.7 Å². The number of fused-ring (bicyclic) bond motifs is 1. The van der Waals surface area contributed by atoms with Gasteiger partial charge in [-0.15, -0.1) is 0 Å². The number of carboxylic acid groups (broad SMARTS) is 1. The third kappa shape index (κ3) is 3.25. The van der Waals surface area contributed by atoms with Crippen LogP contribution in [-0.2, 0) is 20.4 Å². The summed E-state index contributed by atoms with van der Waals surface area (Å²) in [5.74, 6) is -1.31. The SMILES string of the molecule is CC1(C)CCC(C)(C)c2cc(C(=O)NC3(C(=O)O)CCOCC3)ccc21. The van der Waals surface area contributed by atoms with E-state index in [1.54, 1.807) is 0 Å². The van der Waals surface area contributed by atoms with Crippen LogP contribution >= 0.6 is 0 Å². The first-order valence-electron chi connectivity index (χ1n) is 9.36. The number of benzene rings is 1. The van der Waals surface area contributed by atoms with E-state index in [0.717, 1.165) is 12.8 Å². The summed E-state index contributed by atoms with van der Waals surface area (Å²) in [4.78, 5) is 24.7. The summed E-state index contributed by atoms with van der Waals surface area (Å²) in [6.45, 7) is 9.58. The third-order valence-corrected chi connectivity index (χ3v) is 6.22. The van der Waals surface area contributed by atoms with E-state index in [1.165, 1.54) is 11.1 Å². The number of carbonyl (C=O) groups is 2. The molecule has 0 unspecified atom stereocenters. The first kappa shape index (κ1) is 18.9. The highest BCUT2D eigenvalue weighted by atomic mass is 16.5. The minimum absolute atomic E-state index is 0.00427. The van der Waals surface area contributed by atoms with Crippen LogP contribution in [0.3, 0.4) is 0 Å². The van der Waals surface area contributed by atoms with Gasteiger partial charge in [-0.3, -0.25) is 4.79 Å². The molecule has 0 aromatic heterocycles. The standard InChI is InChI=1S/C21H29NO4/c1-19(2)7-8-20(3,4)16-13-14(5-6-15(16)19)17(23)22-21(18(24)25)9-11-26-12-10-21/h5-6,13H,7-12H2,1-4H3,(H,22,23)(H,24,25). The van der Waals surface area contributed by atoms with Gasteiger partial charge in [-0.1, -0.05) is 33.8 Å². The summed E-state index contributed by atoms with van der Waals surface area (Å²) in [6.07, 6.45) is 2.75. The maximum atomic E-state index is 12.9. The van der Waals surface area contributed by atoms with Crippen LogP contribution in [0.25, 0.3) is 0 Å². The van der Waals surface area contributed by atoms with Crippen molar-refractivity contribution in [3.8, 4) is 0 Å². The fourth-order valence-electron chi connectivity index (χ4n) is 4.13. The molecule has 142 valence electrons. The maximum Gasteiger partial charge on any atom is 0.329 e. The van der Waals surface area contributed by atoms with Crippen LogP contribution in [0.5, 0.6) is 0 Å². The zero-order chi connectivity index (χ0) is 19.2. The molecule has 5 heteroatoms. The predicted molar refractivity (Wildman–Crippen MR) is 99.6 cm³/mol. The topological polar surface area (TPSA) is 75.6 Å². The van der Waals surface area contributed by atoms with E-state index >= 15 is 0 Å². The Labute approximate surface area is 155 Å². The van der Waals surface area contributed by atoms with Gasteiger partial charge >= 0.3 is 5.97 Å². The molecule has 5 nitrogen and oxygen atoms in total. The molecule has 1 saturated heterocycles. The smallest absolute Gasteiger partial charge is 0.329 e. The van der Waals surface area contributed by atoms with E-state index < -0.39 is 11.5 Å². The summed E-state index contributed by atoms with van der Waals surface area (Å²) < 4.78 is 5.27. The predicted octanol–water partition coefficient (Wildman–Crippen LogP) is 3.40. The van der Waals surface area contributed by atoms with E-state index in [2.05, 4.69) is 33.0 Å². The van der Waals surface area contributed by atoms with E-state index in [-0.39, 0.29) is 29.6 Å². The van der Waals surface area contributed by atoms with Crippen LogP contribution in [-0.4, -0.2) is 35.7 Å². The minimum atomic E-state index is -1.24. The number of carboxylic acids is 1. The highest BCUT2D eigenvalue weighted by Crippen LogP contribution is 2.45. The zero-order valence-corrected chi connectivity index (χ0v) is 16.1. The second-order valence-electron chi connectivity index (χ2n) is 8.98. The lowest BCUT2D eigenvalue weighted by atomic mass is 9.63. The van der Waals surface area contributed by atoms with Crippen LogP contribution in [0.4, 0.5) is 0 Å². The fourth-order valence-corrected chi connectivity index (χ4v) is 4.13. The molecule has 1 amide bonds. The number of nitrogens with one attached hydrogen (secondary N) is 1. The van der Waals surface area contributed by atoms with Gasteiger partial charge in [0.25, 0.3) is 5.91 Å². The zero-order valence-electron chi connectivity index (χ0n) is 16.1. The number of hydrogen-bond acceptors (Lipinski definition) is 3. The molecule has 3 rings (SSSR count). The molecule has 0 saturated carbocycles. The Morgan fingerprint density at radius 2 is 1.54 bits per heavy atom. The van der Waals surface area contributed by atoms with E-state index in [4.69, 9.17) is 4.74 Å². The highest BCUT2D eigenvalue weighted by Gasteiger charge is 2.42. The summed E-state index contributed by atoms with van der Waals surface area (Å²) in [6, 6.07) is 5.83. The second-order valence-corrected chi connectivity index (χ2v) is 8.98. The number of amides is 1. The normalized spacial score (nSPS) is 22.9. The second kappa shape index (κ2) is 6.38. The van der Waals surface area contributed by atoms with Crippen molar-refractivity contribution in [3.05, 3.63) is 34.9 Å². The molecule has 26 heavy (non-hydrogen) atoms. The lowest BCUT2D eigenvalue weighted by Gasteiger charge is -2.42. The Balaban J connectivity index is 1.93. The summed E-state index contributed by atoms with van der Waals surface area (Å²) in [5, 5.41) is 12.4. The number of hydrogen-bond donors (Lipinski definition) is 2. The molecule has 2 N–H and O–H groups in total. The quantitative estimate of drug-likeness (QED) is 0.867. The van der Waals surface area contributed by atoms with Gasteiger partial charge in [0.05, 0.1) is 0 Å². The lowest BCUT2D eigenvalue weighted by molar-refractivity contribution is -0.148. The largest absolute Gasteiger partial charge is 0.480 e. The van der Waals surface area contributed by atoms with Crippen molar-refractivity contribution < 1.29 is 19.4 Å². The first-order valence-corrected chi connectivity index (χ1v) is 9.36. The number of ether oxygens (including phenoxy) is 1. The van der Waals surface area contributed by atoms with Crippen LogP contribution in [0.2, 0.25) is 0 Å². The van der Waals surface area contributed by atoms with Crippen LogP contribution in [0.1, 0.15) is 74.9 Å². The number of rotatable bonds is 3. The molecule has 2 aliphatic rings. The molecular formula is C21H29NO4. The summed E-state index contributed by atoms with van der Waals surface area (Å²) >= 11 is 0. The van der Waals surface area contributed by atoms with Crippen molar-refractivity contribution in [1.82, 2.24) is 5.32 Å². The molecule has 0 bridgehead atoms. The Kier molecular flexibility index (Phi) is 4.63. The van der Waals surface area contributed by atoms with Gasteiger partial charge in [-0.2, -0.15) is 0 Å². The Bertz CT molecular complexity index is 730. The van der Waals surface area contributed by atoms with Crippen LogP contribution in [0, 0.1) is 0 Å². The number of carbonyl (C=O) groups excluding carboxylic acids is 1. The van der Waals surface area contributed by atoms with Crippen LogP contribution in [0.15, 0.2) is 18.2 Å². The molecule has 1 fully saturated rings. The van der Waals surface area contributed by atoms with Gasteiger partial charge in [0.2, 0.25) is 0 Å². The first-order chi connectivity index (χ1) is 12.1. The monoisotopic (exact) mass is 359 g/mol. The van der Waals surface area contributed by atoms with Crippen molar-refractivity contribution in [1.29, 1.82) is 0 Å². The van der Waals surface area contributed by atoms with Crippen molar-refractivity contribution in [2.75, 3.05) is 13.2 Å². The Hall–Kier alpha value is -1.88. The molecule has 1 aromatic rings. The molecule has 1 aliphatic heterocycles. The molecular weight excluding hydrogens is 330 g/mol. The van der Waals surface area contributed by atoms with Crippen molar-refractivity contribution in [2.24, 2.45) is 0 Å². The van der Waals surface area contributed by atoms with E-state index in [1.807, 2.05) is 18.2 Å². The molecule has 1 aromatic carbocycles. The minimum Gasteiger partial charge on any atom is -0.480 e. The summed E-state index contributed by atoms with van der Waals surface area (Å²) in [7, 11) is 0. The van der Waals surface area contributed by atoms with Crippen molar-refractivity contribution in [3.63, 3.8) is 0 Å². The Morgan fingerprint density at radius 1 is 0.962 bits per heavy atom. The molecule has 0 spiro atoms. The van der Waals surface area contributed by atoms with Crippen LogP contribution < -0.4 is 5.32 Å².